The maximum Gasteiger partial charge on any atom is 0.237 e. The Morgan fingerprint density at radius 3 is 2.97 bits per heavy atom. The number of benzene rings is 1. The van der Waals surface area contributed by atoms with Gasteiger partial charge in [0.15, 0.2) is 5.16 Å². The lowest BCUT2D eigenvalue weighted by molar-refractivity contribution is -0.117. The van der Waals surface area contributed by atoms with E-state index in [0.29, 0.717) is 18.2 Å². The summed E-state index contributed by atoms with van der Waals surface area (Å²) in [5.41, 5.74) is 1.54. The molecular weight excluding hydrogens is 444 g/mol. The Balaban J connectivity index is 1.13. The van der Waals surface area contributed by atoms with Crippen LogP contribution >= 0.6 is 11.3 Å². The highest BCUT2D eigenvalue weighted by Gasteiger charge is 2.14. The molecule has 0 radical (unpaired) electrons. The quantitative estimate of drug-likeness (QED) is 0.438. The van der Waals surface area contributed by atoms with E-state index in [1.165, 1.54) is 37.2 Å². The van der Waals surface area contributed by atoms with Gasteiger partial charge < -0.3 is 15.0 Å². The van der Waals surface area contributed by atoms with Crippen LogP contribution in [-0.4, -0.2) is 50.4 Å². The van der Waals surface area contributed by atoms with Gasteiger partial charge in [0.2, 0.25) is 5.91 Å². The van der Waals surface area contributed by atoms with Crippen molar-refractivity contribution in [2.45, 2.75) is 37.4 Å². The number of thiophene rings is 1. The van der Waals surface area contributed by atoms with E-state index in [0.717, 1.165) is 23.3 Å². The minimum absolute atomic E-state index is 0.143. The number of hydrogen-bond acceptors (Lipinski definition) is 6. The summed E-state index contributed by atoms with van der Waals surface area (Å²) in [5, 5.41) is 5.02. The van der Waals surface area contributed by atoms with Crippen LogP contribution in [0.4, 0.5) is 0 Å². The summed E-state index contributed by atoms with van der Waals surface area (Å²) < 4.78 is 18.2. The lowest BCUT2D eigenvalue weighted by Crippen LogP contribution is -2.28. The fourth-order valence-electron chi connectivity index (χ4n) is 3.60. The summed E-state index contributed by atoms with van der Waals surface area (Å²) in [4.78, 5) is 23.1. The first kappa shape index (κ1) is 22.7. The number of fused-ring (bicyclic) bond motifs is 1. The van der Waals surface area contributed by atoms with Gasteiger partial charge in [-0.3, -0.25) is 13.9 Å². The largest absolute Gasteiger partial charge is 0.492 e. The second-order valence-electron chi connectivity index (χ2n) is 7.74. The van der Waals surface area contributed by atoms with E-state index in [1.54, 1.807) is 17.5 Å². The molecule has 1 aromatic carbocycles. The van der Waals surface area contributed by atoms with E-state index in [9.17, 15) is 9.00 Å². The number of piperidine rings is 1. The van der Waals surface area contributed by atoms with Gasteiger partial charge in [-0.2, -0.15) is 0 Å². The SMILES string of the molecule is O=C(CS(=O)c1nc2ccccc2[nH]1)N/C=C\CCOc1csc(CN2CCCCC2)c1. The van der Waals surface area contributed by atoms with E-state index < -0.39 is 10.8 Å². The monoisotopic (exact) mass is 472 g/mol. The summed E-state index contributed by atoms with van der Waals surface area (Å²) in [6.07, 6.45) is 8.04. The van der Waals surface area contributed by atoms with Crippen LogP contribution in [0, 0.1) is 0 Å². The molecular formula is C23H28N4O3S2. The molecule has 1 amide bonds. The zero-order chi connectivity index (χ0) is 22.2. The third-order valence-corrected chi connectivity index (χ3v) is 7.27. The number of carbonyl (C=O) groups is 1. The van der Waals surface area contributed by atoms with Gasteiger partial charge in [-0.1, -0.05) is 24.6 Å². The van der Waals surface area contributed by atoms with Gasteiger partial charge in [0.1, 0.15) is 11.5 Å². The molecule has 3 aromatic rings. The zero-order valence-electron chi connectivity index (χ0n) is 17.9. The van der Waals surface area contributed by atoms with Crippen molar-refractivity contribution in [3.8, 4) is 5.75 Å². The average Bonchev–Trinajstić information content (AvgIpc) is 3.43. The fourth-order valence-corrected chi connectivity index (χ4v) is 5.33. The van der Waals surface area contributed by atoms with E-state index >= 15 is 0 Å². The van der Waals surface area contributed by atoms with Crippen LogP contribution in [0.15, 0.2) is 53.1 Å². The van der Waals surface area contributed by atoms with Crippen molar-refractivity contribution in [2.24, 2.45) is 0 Å². The number of aromatic nitrogens is 2. The number of nitrogens with zero attached hydrogens (tertiary/aromatic N) is 2. The molecule has 7 nitrogen and oxygen atoms in total. The van der Waals surface area contributed by atoms with Gasteiger partial charge in [0, 0.05) is 23.2 Å². The summed E-state index contributed by atoms with van der Waals surface area (Å²) >= 11 is 1.74. The first-order valence-corrected chi connectivity index (χ1v) is 13.1. The highest BCUT2D eigenvalue weighted by molar-refractivity contribution is 7.85. The Kier molecular flexibility index (Phi) is 8.08. The number of hydrogen-bond donors (Lipinski definition) is 2. The lowest BCUT2D eigenvalue weighted by atomic mass is 10.1. The summed E-state index contributed by atoms with van der Waals surface area (Å²) in [6, 6.07) is 9.56. The van der Waals surface area contributed by atoms with Gasteiger partial charge in [-0.15, -0.1) is 11.3 Å². The maximum absolute atomic E-state index is 12.4. The molecule has 0 saturated carbocycles. The maximum atomic E-state index is 12.4. The number of amides is 1. The third kappa shape index (κ3) is 6.51. The zero-order valence-corrected chi connectivity index (χ0v) is 19.6. The van der Waals surface area contributed by atoms with Gasteiger partial charge in [-0.05, 0) is 50.3 Å². The molecule has 4 rings (SSSR count). The van der Waals surface area contributed by atoms with Crippen molar-refractivity contribution in [3.05, 3.63) is 52.9 Å². The second-order valence-corrected chi connectivity index (χ2v) is 10.1. The summed E-state index contributed by atoms with van der Waals surface area (Å²) in [6.45, 7) is 3.93. The van der Waals surface area contributed by atoms with Crippen LogP contribution < -0.4 is 10.1 Å². The van der Waals surface area contributed by atoms with E-state index in [1.807, 2.05) is 30.3 Å². The fraction of sp³-hybridized carbons (Fsp3) is 0.391. The molecule has 1 atom stereocenters. The van der Waals surface area contributed by atoms with Gasteiger partial charge in [0.05, 0.1) is 28.4 Å². The number of ether oxygens (including phenoxy) is 1. The van der Waals surface area contributed by atoms with Gasteiger partial charge >= 0.3 is 0 Å². The Bertz CT molecular complexity index is 1050. The van der Waals surface area contributed by atoms with Crippen LogP contribution in [0.25, 0.3) is 11.0 Å². The van der Waals surface area contributed by atoms with Crippen LogP contribution in [-0.2, 0) is 22.1 Å². The molecule has 0 bridgehead atoms. The lowest BCUT2D eigenvalue weighted by Gasteiger charge is -2.25. The van der Waals surface area contributed by atoms with E-state index in [2.05, 4.69) is 31.6 Å². The molecule has 1 saturated heterocycles. The minimum atomic E-state index is -1.52. The van der Waals surface area contributed by atoms with Gasteiger partial charge in [-0.25, -0.2) is 4.98 Å². The molecule has 2 aromatic heterocycles. The number of carbonyl (C=O) groups excluding carboxylic acids is 1. The molecule has 1 aliphatic heterocycles. The predicted molar refractivity (Wildman–Crippen MR) is 128 cm³/mol. The third-order valence-electron chi connectivity index (χ3n) is 5.22. The van der Waals surface area contributed by atoms with E-state index in [-0.39, 0.29) is 11.7 Å². The highest BCUT2D eigenvalue weighted by Crippen LogP contribution is 2.24. The van der Waals surface area contributed by atoms with Crippen molar-refractivity contribution >= 4 is 39.1 Å². The Morgan fingerprint density at radius 2 is 2.12 bits per heavy atom. The number of likely N-dealkylation sites (tertiary alicyclic amines) is 1. The number of rotatable bonds is 10. The van der Waals surface area contributed by atoms with E-state index in [4.69, 9.17) is 4.74 Å². The number of nitrogens with one attached hydrogen (secondary N) is 2. The Morgan fingerprint density at radius 1 is 1.28 bits per heavy atom. The normalized spacial score (nSPS) is 15.9. The van der Waals surface area contributed by atoms with Crippen molar-refractivity contribution in [1.29, 1.82) is 0 Å². The molecule has 170 valence electrons. The smallest absolute Gasteiger partial charge is 0.237 e. The number of para-hydroxylation sites is 2. The van der Waals surface area contributed by atoms with Crippen LogP contribution in [0.3, 0.4) is 0 Å². The van der Waals surface area contributed by atoms with Crippen molar-refractivity contribution < 1.29 is 13.7 Å². The van der Waals surface area contributed by atoms with Crippen LogP contribution in [0.1, 0.15) is 30.6 Å². The topological polar surface area (TPSA) is 87.3 Å². The predicted octanol–water partition coefficient (Wildman–Crippen LogP) is 3.82. The molecule has 9 heteroatoms. The molecule has 1 unspecified atom stereocenters. The van der Waals surface area contributed by atoms with Crippen molar-refractivity contribution in [2.75, 3.05) is 25.4 Å². The second kappa shape index (κ2) is 11.4. The Labute approximate surface area is 194 Å². The molecule has 3 heterocycles. The Hall–Kier alpha value is -2.49. The molecule has 32 heavy (non-hydrogen) atoms. The van der Waals surface area contributed by atoms with Crippen LogP contribution in [0.2, 0.25) is 0 Å². The van der Waals surface area contributed by atoms with Crippen molar-refractivity contribution in [1.82, 2.24) is 20.2 Å². The number of H-pyrrole nitrogens is 1. The first-order valence-electron chi connectivity index (χ1n) is 10.9. The molecule has 1 aliphatic rings. The van der Waals surface area contributed by atoms with Crippen LogP contribution in [0.5, 0.6) is 5.75 Å². The molecule has 0 spiro atoms. The highest BCUT2D eigenvalue weighted by atomic mass is 32.2. The molecule has 2 N–H and O–H groups in total. The van der Waals surface area contributed by atoms with Gasteiger partial charge in [0.25, 0.3) is 0 Å². The first-order chi connectivity index (χ1) is 15.7. The number of imidazole rings is 1. The molecule has 1 fully saturated rings. The molecule has 0 aliphatic carbocycles. The average molecular weight is 473 g/mol. The summed E-state index contributed by atoms with van der Waals surface area (Å²) in [7, 11) is -1.52. The van der Waals surface area contributed by atoms with Crippen molar-refractivity contribution in [3.63, 3.8) is 0 Å². The minimum Gasteiger partial charge on any atom is -0.492 e. The standard InChI is InChI=1S/C23H28N4O3S2/c28-22(17-32(29)23-25-20-8-2-3-9-21(20)26-23)24-10-4-7-13-30-18-14-19(31-16-18)15-27-11-5-1-6-12-27/h2-4,8-10,14,16H,1,5-7,11-13,15,17H2,(H,24,28)(H,25,26)/b10-4-. The summed E-state index contributed by atoms with van der Waals surface area (Å²) in [5.74, 6) is 0.442. The number of aromatic amines is 1.